The van der Waals surface area contributed by atoms with Crippen LogP contribution in [0, 0.1) is 6.92 Å². The maximum absolute atomic E-state index is 4.71. The molecule has 0 saturated heterocycles. The maximum atomic E-state index is 4.71. The van der Waals surface area contributed by atoms with E-state index in [0.29, 0.717) is 0 Å². The van der Waals surface area contributed by atoms with Crippen molar-refractivity contribution < 1.29 is 0 Å². The molecule has 0 saturated carbocycles. The van der Waals surface area contributed by atoms with Crippen molar-refractivity contribution in [1.82, 2.24) is 0 Å². The van der Waals surface area contributed by atoms with Gasteiger partial charge >= 0.3 is 0 Å². The maximum Gasteiger partial charge on any atom is 0.0649 e. The molecule has 0 unspecified atom stereocenters. The summed E-state index contributed by atoms with van der Waals surface area (Å²) in [5, 5.41) is 0. The summed E-state index contributed by atoms with van der Waals surface area (Å²) in [6, 6.07) is 28.0. The minimum absolute atomic E-state index is 0.857. The van der Waals surface area contributed by atoms with Crippen LogP contribution in [0.5, 0.6) is 0 Å². The van der Waals surface area contributed by atoms with Crippen LogP contribution in [-0.4, -0.2) is 12.3 Å². The highest BCUT2D eigenvalue weighted by atomic mass is 14.7. The zero-order valence-electron chi connectivity index (χ0n) is 14.4. The lowest BCUT2D eigenvalue weighted by Gasteiger charge is -2.14. The molecule has 122 valence electrons. The van der Waals surface area contributed by atoms with Gasteiger partial charge in [0.2, 0.25) is 0 Å². The number of hydrogen-bond donors (Lipinski definition) is 0. The Morgan fingerprint density at radius 2 is 1.24 bits per heavy atom. The smallest absolute Gasteiger partial charge is 0.0649 e. The second-order valence-corrected chi connectivity index (χ2v) is 6.50. The van der Waals surface area contributed by atoms with Crippen LogP contribution in [0.1, 0.15) is 23.1 Å². The number of aryl methyl sites for hydroxylation is 1. The topological polar surface area (TPSA) is 12.4 Å². The summed E-state index contributed by atoms with van der Waals surface area (Å²) in [6.45, 7) is 2.97. The van der Waals surface area contributed by atoms with Gasteiger partial charge in [-0.05, 0) is 47.2 Å². The van der Waals surface area contributed by atoms with Crippen LogP contribution in [0.15, 0.2) is 89.9 Å². The SMILES string of the molecule is Cc1ccc(C2=NCCC(c3ccc(-c4ccccc4)cc3)=C2)cc1. The molecule has 3 aromatic carbocycles. The van der Waals surface area contributed by atoms with Crippen LogP contribution >= 0.6 is 0 Å². The summed E-state index contributed by atoms with van der Waals surface area (Å²) in [6.07, 6.45) is 3.24. The summed E-state index contributed by atoms with van der Waals surface area (Å²) < 4.78 is 0. The normalized spacial score (nSPS) is 14.0. The van der Waals surface area contributed by atoms with Gasteiger partial charge in [-0.1, -0.05) is 84.4 Å². The highest BCUT2D eigenvalue weighted by Gasteiger charge is 2.10. The molecule has 1 nitrogen and oxygen atoms in total. The first kappa shape index (κ1) is 15.6. The van der Waals surface area contributed by atoms with E-state index in [-0.39, 0.29) is 0 Å². The molecule has 1 aliphatic rings. The van der Waals surface area contributed by atoms with E-state index in [4.69, 9.17) is 4.99 Å². The number of benzene rings is 3. The van der Waals surface area contributed by atoms with Crippen LogP contribution in [0.3, 0.4) is 0 Å². The van der Waals surface area contributed by atoms with Crippen molar-refractivity contribution in [1.29, 1.82) is 0 Å². The zero-order chi connectivity index (χ0) is 17.1. The molecular weight excluding hydrogens is 302 g/mol. The number of nitrogens with zero attached hydrogens (tertiary/aromatic N) is 1. The second kappa shape index (κ2) is 6.90. The first-order chi connectivity index (χ1) is 12.3. The van der Waals surface area contributed by atoms with Gasteiger partial charge in [0.25, 0.3) is 0 Å². The first-order valence-corrected chi connectivity index (χ1v) is 8.77. The minimum Gasteiger partial charge on any atom is -0.284 e. The van der Waals surface area contributed by atoms with Crippen LogP contribution in [0.2, 0.25) is 0 Å². The number of rotatable bonds is 3. The van der Waals surface area contributed by atoms with Crippen molar-refractivity contribution in [2.75, 3.05) is 6.54 Å². The zero-order valence-corrected chi connectivity index (χ0v) is 14.4. The fraction of sp³-hybridized carbons (Fsp3) is 0.125. The summed E-state index contributed by atoms with van der Waals surface area (Å²) in [4.78, 5) is 4.71. The van der Waals surface area contributed by atoms with Gasteiger partial charge in [0, 0.05) is 6.54 Å². The van der Waals surface area contributed by atoms with Crippen LogP contribution in [0.4, 0.5) is 0 Å². The lowest BCUT2D eigenvalue weighted by molar-refractivity contribution is 1.01. The Balaban J connectivity index is 1.61. The number of hydrogen-bond acceptors (Lipinski definition) is 1. The molecule has 0 aliphatic carbocycles. The molecule has 0 N–H and O–H groups in total. The molecule has 0 radical (unpaired) electrons. The number of aliphatic imine (C=N–C) groups is 1. The van der Waals surface area contributed by atoms with Gasteiger partial charge in [0.05, 0.1) is 5.71 Å². The Hall–Kier alpha value is -2.93. The molecule has 0 aromatic heterocycles. The van der Waals surface area contributed by atoms with Crippen LogP contribution in [0.25, 0.3) is 16.7 Å². The van der Waals surface area contributed by atoms with Gasteiger partial charge in [0.1, 0.15) is 0 Å². The number of dihydropyridines is 1. The van der Waals surface area contributed by atoms with Gasteiger partial charge < -0.3 is 0 Å². The predicted octanol–water partition coefficient (Wildman–Crippen LogP) is 5.94. The molecular formula is C24H21N. The van der Waals surface area contributed by atoms with Gasteiger partial charge in [-0.3, -0.25) is 4.99 Å². The van der Waals surface area contributed by atoms with Crippen LogP contribution < -0.4 is 0 Å². The molecule has 1 heteroatoms. The average molecular weight is 323 g/mol. The number of allylic oxidation sites excluding steroid dienone is 1. The van der Waals surface area contributed by atoms with E-state index in [0.717, 1.165) is 18.7 Å². The van der Waals surface area contributed by atoms with Gasteiger partial charge in [-0.25, -0.2) is 0 Å². The van der Waals surface area contributed by atoms with E-state index in [9.17, 15) is 0 Å². The largest absolute Gasteiger partial charge is 0.284 e. The van der Waals surface area contributed by atoms with Gasteiger partial charge in [-0.2, -0.15) is 0 Å². The van der Waals surface area contributed by atoms with Crippen molar-refractivity contribution >= 4 is 11.3 Å². The van der Waals surface area contributed by atoms with Gasteiger partial charge in [-0.15, -0.1) is 0 Å². The summed E-state index contributed by atoms with van der Waals surface area (Å²) in [7, 11) is 0. The summed E-state index contributed by atoms with van der Waals surface area (Å²) in [5.74, 6) is 0. The lowest BCUT2D eigenvalue weighted by Crippen LogP contribution is -2.06. The van der Waals surface area contributed by atoms with E-state index in [1.54, 1.807) is 0 Å². The van der Waals surface area contributed by atoms with Crippen LogP contribution in [-0.2, 0) is 0 Å². The quantitative estimate of drug-likeness (QED) is 0.566. The Kier molecular flexibility index (Phi) is 4.30. The van der Waals surface area contributed by atoms with E-state index < -0.39 is 0 Å². The molecule has 1 aliphatic heterocycles. The molecule has 25 heavy (non-hydrogen) atoms. The first-order valence-electron chi connectivity index (χ1n) is 8.77. The monoisotopic (exact) mass is 323 g/mol. The van der Waals surface area contributed by atoms with Crippen molar-refractivity contribution in [2.24, 2.45) is 4.99 Å². The van der Waals surface area contributed by atoms with Crippen molar-refractivity contribution in [3.63, 3.8) is 0 Å². The summed E-state index contributed by atoms with van der Waals surface area (Å²) >= 11 is 0. The molecule has 0 atom stereocenters. The molecule has 0 bridgehead atoms. The van der Waals surface area contributed by atoms with Crippen molar-refractivity contribution in [2.45, 2.75) is 13.3 Å². The second-order valence-electron chi connectivity index (χ2n) is 6.50. The molecule has 4 rings (SSSR count). The standard InChI is InChI=1S/C24H21N/c1-18-7-9-22(10-8-18)24-17-23(15-16-25-24)21-13-11-20(12-14-21)19-5-3-2-4-6-19/h2-14,17H,15-16H2,1H3. The third-order valence-electron chi connectivity index (χ3n) is 4.68. The van der Waals surface area contributed by atoms with E-state index in [1.807, 2.05) is 0 Å². The Labute approximate surface area is 149 Å². The lowest BCUT2D eigenvalue weighted by atomic mass is 9.94. The van der Waals surface area contributed by atoms with E-state index in [1.165, 1.54) is 33.4 Å². The molecule has 3 aromatic rings. The van der Waals surface area contributed by atoms with Gasteiger partial charge in [0.15, 0.2) is 0 Å². The molecule has 0 fully saturated rings. The molecule has 0 spiro atoms. The fourth-order valence-electron chi connectivity index (χ4n) is 3.21. The third kappa shape index (κ3) is 3.46. The van der Waals surface area contributed by atoms with E-state index >= 15 is 0 Å². The Morgan fingerprint density at radius 3 is 1.96 bits per heavy atom. The molecule has 0 amide bonds. The highest BCUT2D eigenvalue weighted by molar-refractivity contribution is 6.13. The van der Waals surface area contributed by atoms with Crippen molar-refractivity contribution in [3.05, 3.63) is 102 Å². The Bertz CT molecular complexity index is 914. The fourth-order valence-corrected chi connectivity index (χ4v) is 3.21. The Morgan fingerprint density at radius 1 is 0.640 bits per heavy atom. The molecule has 1 heterocycles. The third-order valence-corrected chi connectivity index (χ3v) is 4.68. The summed E-state index contributed by atoms with van der Waals surface area (Å²) in [5.41, 5.74) is 8.74. The predicted molar refractivity (Wildman–Crippen MR) is 107 cm³/mol. The highest BCUT2D eigenvalue weighted by Crippen LogP contribution is 2.26. The van der Waals surface area contributed by atoms with E-state index in [2.05, 4.69) is 91.9 Å². The average Bonchev–Trinajstić information content (AvgIpc) is 2.69. The minimum atomic E-state index is 0.857. The van der Waals surface area contributed by atoms with Crippen molar-refractivity contribution in [3.8, 4) is 11.1 Å².